The molecule has 2 rings (SSSR count). The molecule has 0 aliphatic carbocycles. The predicted octanol–water partition coefficient (Wildman–Crippen LogP) is 3.07. The number of hydrogen-bond acceptors (Lipinski definition) is 11. The molecule has 0 aromatic rings. The van der Waals surface area contributed by atoms with Crippen molar-refractivity contribution in [2.75, 3.05) is 20.7 Å². The summed E-state index contributed by atoms with van der Waals surface area (Å²) < 4.78 is 10.9. The van der Waals surface area contributed by atoms with Crippen molar-refractivity contribution in [2.24, 2.45) is 17.3 Å². The van der Waals surface area contributed by atoms with Gasteiger partial charge < -0.3 is 45.4 Å². The number of rotatable bonds is 16. The number of likely N-dealkylation sites (N-methyl/N-ethyl adjacent to an activating group) is 1. The summed E-state index contributed by atoms with van der Waals surface area (Å²) in [4.78, 5) is 39.8. The summed E-state index contributed by atoms with van der Waals surface area (Å²) in [5, 5.41) is 56.1. The van der Waals surface area contributed by atoms with Crippen molar-refractivity contribution in [1.29, 1.82) is 0 Å². The highest BCUT2D eigenvalue weighted by Crippen LogP contribution is 2.54. The van der Waals surface area contributed by atoms with Crippen LogP contribution >= 0.6 is 0 Å². The first-order valence-electron chi connectivity index (χ1n) is 16.3. The van der Waals surface area contributed by atoms with E-state index in [1.54, 1.807) is 103 Å². The fraction of sp³-hybridized carbons (Fsp3) is 0.583. The van der Waals surface area contributed by atoms with E-state index in [1.807, 2.05) is 0 Å². The number of allylic oxidation sites excluding steroid dienone is 9. The molecule has 13 nitrogen and oxygen atoms in total. The number of nitrogens with one attached hydrogen (secondary N) is 1. The van der Waals surface area contributed by atoms with E-state index < -0.39 is 64.7 Å². The molecule has 49 heavy (non-hydrogen) atoms. The molecular weight excluding hydrogens is 634 g/mol. The highest BCUT2D eigenvalue weighted by Gasteiger charge is 2.80. The minimum Gasteiger partial charge on any atom is -0.734 e. The number of nitrogens with zero attached hydrogens (tertiary/aromatic N) is 2. The third-order valence-electron chi connectivity index (χ3n) is 10.0. The fourth-order valence-electron chi connectivity index (χ4n) is 6.47. The average Bonchev–Trinajstić information content (AvgIpc) is 3.22. The van der Waals surface area contributed by atoms with Crippen LogP contribution in [0.2, 0.25) is 0 Å². The molecule has 0 saturated carbocycles. The Morgan fingerprint density at radius 1 is 1.14 bits per heavy atom. The Hall–Kier alpha value is -3.59. The molecule has 1 spiro atoms. The molecule has 13 heteroatoms. The number of likely N-dealkylation sites (tertiary alicyclic amines) is 1. The molecular formula is C36H54N3O10-. The number of carbonyl (C=O) groups excluding carboxylic acids is 3. The Balaban J connectivity index is 1.94. The van der Waals surface area contributed by atoms with Crippen LogP contribution in [0.3, 0.4) is 0 Å². The van der Waals surface area contributed by atoms with Crippen molar-refractivity contribution < 1.29 is 44.4 Å². The van der Waals surface area contributed by atoms with Crippen LogP contribution < -0.4 is 5.32 Å². The van der Waals surface area contributed by atoms with Gasteiger partial charge in [-0.1, -0.05) is 68.5 Å². The van der Waals surface area contributed by atoms with Gasteiger partial charge in [-0.3, -0.25) is 14.8 Å². The monoisotopic (exact) mass is 688 g/mol. The van der Waals surface area contributed by atoms with Gasteiger partial charge in [-0.15, -0.1) is 0 Å². The van der Waals surface area contributed by atoms with E-state index in [0.717, 1.165) is 0 Å². The zero-order chi connectivity index (χ0) is 37.5. The van der Waals surface area contributed by atoms with Gasteiger partial charge in [-0.25, -0.2) is 4.79 Å². The first-order valence-corrected chi connectivity index (χ1v) is 16.3. The molecule has 0 unspecified atom stereocenters. The van der Waals surface area contributed by atoms with Gasteiger partial charge in [0.1, 0.15) is 11.7 Å². The average molecular weight is 689 g/mol. The van der Waals surface area contributed by atoms with E-state index in [-0.39, 0.29) is 29.8 Å². The van der Waals surface area contributed by atoms with E-state index in [0.29, 0.717) is 11.1 Å². The van der Waals surface area contributed by atoms with Crippen LogP contribution in [0.15, 0.2) is 71.5 Å². The van der Waals surface area contributed by atoms with Gasteiger partial charge in [-0.05, 0) is 65.0 Å². The minimum atomic E-state index is -1.87. The lowest BCUT2D eigenvalue weighted by atomic mass is 9.65. The van der Waals surface area contributed by atoms with Crippen molar-refractivity contribution in [3.05, 3.63) is 76.7 Å². The number of ether oxygens (including phenoxy) is 2. The molecule has 2 aliphatic heterocycles. The molecule has 2 amide bonds. The lowest BCUT2D eigenvalue weighted by molar-refractivity contribution is -0.255. The molecule has 8 atom stereocenters. The summed E-state index contributed by atoms with van der Waals surface area (Å²) in [5.74, 6) is -2.80. The van der Waals surface area contributed by atoms with Gasteiger partial charge in [0.2, 0.25) is 17.4 Å². The minimum absolute atomic E-state index is 0.145. The van der Waals surface area contributed by atoms with E-state index in [9.17, 15) is 34.9 Å². The summed E-state index contributed by atoms with van der Waals surface area (Å²) in [6.45, 7) is 13.3. The first kappa shape index (κ1) is 41.6. The summed E-state index contributed by atoms with van der Waals surface area (Å²) in [7, 11) is 2.87. The van der Waals surface area contributed by atoms with Gasteiger partial charge in [-0.2, -0.15) is 0 Å². The number of cyclic esters (lactones) is 1. The Labute approximate surface area is 289 Å². The lowest BCUT2D eigenvalue weighted by Crippen LogP contribution is -2.80. The molecule has 274 valence electrons. The Morgan fingerprint density at radius 2 is 1.78 bits per heavy atom. The summed E-state index contributed by atoms with van der Waals surface area (Å²) >= 11 is 0. The second kappa shape index (κ2) is 16.9. The Bertz CT molecular complexity index is 1400. The normalized spacial score (nSPS) is 28.0. The summed E-state index contributed by atoms with van der Waals surface area (Å²) in [6.07, 6.45) is 11.4. The van der Waals surface area contributed by atoms with Crippen molar-refractivity contribution in [1.82, 2.24) is 15.4 Å². The number of esters is 1. The second-order valence-electron chi connectivity index (χ2n) is 13.5. The summed E-state index contributed by atoms with van der Waals surface area (Å²) in [5.41, 5.74) is -3.27. The van der Waals surface area contributed by atoms with Crippen molar-refractivity contribution in [2.45, 2.75) is 97.4 Å². The quantitative estimate of drug-likeness (QED) is 0.0910. The van der Waals surface area contributed by atoms with Crippen molar-refractivity contribution in [3.63, 3.8) is 0 Å². The van der Waals surface area contributed by atoms with E-state index in [1.165, 1.54) is 26.0 Å². The molecule has 2 fully saturated rings. The molecule has 0 radical (unpaired) electrons. The van der Waals surface area contributed by atoms with Crippen LogP contribution in [-0.4, -0.2) is 105 Å². The van der Waals surface area contributed by atoms with Crippen LogP contribution in [0.25, 0.3) is 0 Å². The second-order valence-corrected chi connectivity index (χ2v) is 13.5. The number of hydrogen-bond donors (Lipinski definition) is 5. The molecule has 0 bridgehead atoms. The predicted molar refractivity (Wildman–Crippen MR) is 184 cm³/mol. The van der Waals surface area contributed by atoms with Crippen LogP contribution in [0.5, 0.6) is 0 Å². The van der Waals surface area contributed by atoms with Crippen LogP contribution in [0, 0.1) is 22.5 Å². The van der Waals surface area contributed by atoms with Gasteiger partial charge in [0.05, 0.1) is 29.6 Å². The van der Waals surface area contributed by atoms with Gasteiger partial charge >= 0.3 is 5.97 Å². The third-order valence-corrected chi connectivity index (χ3v) is 10.0. The zero-order valence-corrected chi connectivity index (χ0v) is 30.2. The number of methoxy groups -OCH3 is 1. The third kappa shape index (κ3) is 8.25. The number of hydroxylamine groups is 2. The van der Waals surface area contributed by atoms with E-state index in [2.05, 4.69) is 5.32 Å². The van der Waals surface area contributed by atoms with Gasteiger partial charge in [0.25, 0.3) is 0 Å². The van der Waals surface area contributed by atoms with Gasteiger partial charge in [0, 0.05) is 26.4 Å². The maximum absolute atomic E-state index is 12.9. The first-order chi connectivity index (χ1) is 22.7. The number of amides is 2. The maximum atomic E-state index is 12.9. The Kier molecular flexibility index (Phi) is 14.3. The highest BCUT2D eigenvalue weighted by atomic mass is 16.8. The smallest absolute Gasteiger partial charge is 0.339 e. The molecule has 2 heterocycles. The van der Waals surface area contributed by atoms with Crippen LogP contribution in [0.4, 0.5) is 0 Å². The number of aliphatic hydroxyl groups excluding tert-OH is 2. The van der Waals surface area contributed by atoms with Crippen LogP contribution in [0.1, 0.15) is 61.8 Å². The van der Waals surface area contributed by atoms with Crippen molar-refractivity contribution in [3.8, 4) is 0 Å². The standard InChI is InChI=1S/C36H54N3O10/c1-22(26(5)39(46)47)17-13-11-14-18-23(2)30(41)34(7,8)32(43)37-20-16-12-15-19-28(40)24(3)21-29(48-10)36(45)25(4)31(42)38(9)35(36)27(6)49-33(35)44/h11-19,24-25,27-30,40-41,45-46H,20-21H2,1-10H3,(H,37,43)/q-1/b14-11-,16-12+,17-13+,19-15+,23-18-,26-22+/t24-,25+,27-,28+,29+,30-,35-,36-/m1/s1. The fourth-order valence-corrected chi connectivity index (χ4v) is 6.47. The van der Waals surface area contributed by atoms with Crippen LogP contribution in [-0.2, 0) is 23.9 Å². The zero-order valence-electron chi connectivity index (χ0n) is 30.2. The Morgan fingerprint density at radius 3 is 2.33 bits per heavy atom. The maximum Gasteiger partial charge on any atom is 0.339 e. The SMILES string of the molecule is CO[C@@H](C[C@@H](C)[C@@H](O)/C=C/C=C/CNC(=O)C(C)(C)[C@H](O)\C(C)=C/C=C\C=C\C(C)=C(/C)N([O-])O)[C@]1(O)[C@@H](C)C(=O)N(C)[C@]12C(=O)O[C@@H]2C. The number of aliphatic hydroxyl groups is 3. The van der Waals surface area contributed by atoms with E-state index in [4.69, 9.17) is 14.7 Å². The largest absolute Gasteiger partial charge is 0.734 e. The summed E-state index contributed by atoms with van der Waals surface area (Å²) in [6, 6.07) is 0. The van der Waals surface area contributed by atoms with E-state index >= 15 is 0 Å². The molecule has 0 aromatic carbocycles. The topological polar surface area (TPSA) is 192 Å². The lowest BCUT2D eigenvalue weighted by Gasteiger charge is -2.55. The van der Waals surface area contributed by atoms with Gasteiger partial charge in [0.15, 0.2) is 0 Å². The molecule has 0 aromatic heterocycles. The van der Waals surface area contributed by atoms with Crippen molar-refractivity contribution >= 4 is 17.8 Å². The number of carbonyl (C=O) groups is 3. The highest BCUT2D eigenvalue weighted by molar-refractivity contribution is 5.99. The molecule has 2 saturated heterocycles. The molecule has 5 N–H and O–H groups in total. The molecule has 2 aliphatic rings.